The molecular weight excluding hydrogens is 364 g/mol. The molecule has 6 heteroatoms. The van der Waals surface area contributed by atoms with Gasteiger partial charge in [-0.25, -0.2) is 0 Å². The van der Waals surface area contributed by atoms with Crippen molar-refractivity contribution in [3.8, 4) is 0 Å². The second-order valence-corrected chi connectivity index (χ2v) is 8.97. The van der Waals surface area contributed by atoms with Gasteiger partial charge in [0, 0.05) is 37.7 Å². The third-order valence-corrected chi connectivity index (χ3v) is 5.47. The minimum absolute atomic E-state index is 0.00204. The van der Waals surface area contributed by atoms with Gasteiger partial charge in [-0.2, -0.15) is 5.10 Å². The first-order valence-corrected chi connectivity index (χ1v) is 10.5. The average Bonchev–Trinajstić information content (AvgIpc) is 3.18. The lowest BCUT2D eigenvalue weighted by Crippen LogP contribution is -2.40. The summed E-state index contributed by atoms with van der Waals surface area (Å²) in [4.78, 5) is 29.5. The van der Waals surface area contributed by atoms with Gasteiger partial charge in [0.2, 0.25) is 5.91 Å². The topological polar surface area (TPSA) is 69.3 Å². The number of anilines is 1. The number of hydrogen-bond donors (Lipinski definition) is 1. The lowest BCUT2D eigenvalue weighted by molar-refractivity contribution is -0.134. The fraction of sp³-hybridized carbons (Fsp3) is 0.522. The van der Waals surface area contributed by atoms with Crippen LogP contribution in [0.15, 0.2) is 36.5 Å². The first-order chi connectivity index (χ1) is 13.8. The number of H-pyrrole nitrogens is 1. The Bertz CT molecular complexity index is 830. The molecule has 1 aromatic carbocycles. The molecule has 0 bridgehead atoms. The summed E-state index contributed by atoms with van der Waals surface area (Å²) in [5, 5.41) is 7.25. The van der Waals surface area contributed by atoms with Crippen molar-refractivity contribution in [3.63, 3.8) is 0 Å². The van der Waals surface area contributed by atoms with E-state index in [-0.39, 0.29) is 23.1 Å². The molecule has 0 radical (unpaired) electrons. The maximum atomic E-state index is 13.2. The van der Waals surface area contributed by atoms with Gasteiger partial charge < -0.3 is 9.80 Å². The standard InChI is InChI=1S/C23H32N4O2/c1-5-27(18-9-7-6-8-10-18)22(29)19-16-24-25-21(19)17-11-13-26(14-12-17)20(28)15-23(2,3)4/h6-10,16-17H,5,11-15H2,1-4H3,(H,24,25). The van der Waals surface area contributed by atoms with E-state index in [2.05, 4.69) is 31.0 Å². The van der Waals surface area contributed by atoms with Crippen molar-refractivity contribution >= 4 is 17.5 Å². The molecule has 29 heavy (non-hydrogen) atoms. The smallest absolute Gasteiger partial charge is 0.261 e. The maximum Gasteiger partial charge on any atom is 0.261 e. The van der Waals surface area contributed by atoms with Crippen molar-refractivity contribution in [1.82, 2.24) is 15.1 Å². The van der Waals surface area contributed by atoms with Gasteiger partial charge in [0.15, 0.2) is 0 Å². The van der Waals surface area contributed by atoms with E-state index >= 15 is 0 Å². The summed E-state index contributed by atoms with van der Waals surface area (Å²) in [6.45, 7) is 10.3. The molecule has 1 aromatic heterocycles. The number of benzene rings is 1. The van der Waals surface area contributed by atoms with Gasteiger partial charge in [0.05, 0.1) is 17.5 Å². The highest BCUT2D eigenvalue weighted by atomic mass is 16.2. The summed E-state index contributed by atoms with van der Waals surface area (Å²) in [7, 11) is 0. The SMILES string of the molecule is CCN(C(=O)c1cn[nH]c1C1CCN(C(=O)CC(C)(C)C)CC1)c1ccccc1. The molecule has 2 aromatic rings. The Kier molecular flexibility index (Phi) is 6.40. The first kappa shape index (κ1) is 21.1. The van der Waals surface area contributed by atoms with E-state index in [4.69, 9.17) is 0 Å². The molecule has 1 aliphatic heterocycles. The molecular formula is C23H32N4O2. The number of para-hydroxylation sites is 1. The molecule has 0 atom stereocenters. The Labute approximate surface area is 173 Å². The van der Waals surface area contributed by atoms with Gasteiger partial charge in [0.1, 0.15) is 0 Å². The van der Waals surface area contributed by atoms with Crippen LogP contribution >= 0.6 is 0 Å². The number of nitrogens with one attached hydrogen (secondary N) is 1. The number of carbonyl (C=O) groups excluding carboxylic acids is 2. The fourth-order valence-corrected chi connectivity index (χ4v) is 3.96. The zero-order valence-corrected chi connectivity index (χ0v) is 17.9. The van der Waals surface area contributed by atoms with Gasteiger partial charge in [-0.15, -0.1) is 0 Å². The van der Waals surface area contributed by atoms with Crippen molar-refractivity contribution in [2.45, 2.75) is 52.9 Å². The van der Waals surface area contributed by atoms with Crippen LogP contribution in [-0.4, -0.2) is 46.5 Å². The average molecular weight is 397 g/mol. The zero-order chi connectivity index (χ0) is 21.0. The number of carbonyl (C=O) groups is 2. The van der Waals surface area contributed by atoms with Crippen molar-refractivity contribution in [2.24, 2.45) is 5.41 Å². The maximum absolute atomic E-state index is 13.2. The van der Waals surface area contributed by atoms with E-state index in [1.54, 1.807) is 11.1 Å². The molecule has 1 aliphatic rings. The molecule has 1 saturated heterocycles. The van der Waals surface area contributed by atoms with E-state index in [1.165, 1.54) is 0 Å². The van der Waals surface area contributed by atoms with E-state index in [1.807, 2.05) is 42.2 Å². The molecule has 6 nitrogen and oxygen atoms in total. The van der Waals surface area contributed by atoms with Crippen LogP contribution in [0.25, 0.3) is 0 Å². The van der Waals surface area contributed by atoms with Gasteiger partial charge in [-0.3, -0.25) is 14.7 Å². The van der Waals surface area contributed by atoms with Crippen LogP contribution < -0.4 is 4.90 Å². The summed E-state index contributed by atoms with van der Waals surface area (Å²) >= 11 is 0. The Morgan fingerprint density at radius 2 is 1.83 bits per heavy atom. The summed E-state index contributed by atoms with van der Waals surface area (Å²) in [5.41, 5.74) is 2.41. The Morgan fingerprint density at radius 3 is 2.41 bits per heavy atom. The summed E-state index contributed by atoms with van der Waals surface area (Å²) in [6, 6.07) is 9.71. The summed E-state index contributed by atoms with van der Waals surface area (Å²) in [5.74, 6) is 0.399. The molecule has 0 saturated carbocycles. The molecule has 3 rings (SSSR count). The van der Waals surface area contributed by atoms with Crippen LogP contribution in [0.4, 0.5) is 5.69 Å². The number of amides is 2. The van der Waals surface area contributed by atoms with Crippen molar-refractivity contribution in [1.29, 1.82) is 0 Å². The lowest BCUT2D eigenvalue weighted by Gasteiger charge is -2.33. The molecule has 1 fully saturated rings. The van der Waals surface area contributed by atoms with Gasteiger partial charge in [0.25, 0.3) is 5.91 Å². The number of piperidine rings is 1. The second-order valence-electron chi connectivity index (χ2n) is 8.97. The molecule has 2 heterocycles. The van der Waals surface area contributed by atoms with Crippen LogP contribution in [0.3, 0.4) is 0 Å². The number of rotatable bonds is 5. The monoisotopic (exact) mass is 396 g/mol. The predicted octanol–water partition coefficient (Wildman–Crippen LogP) is 4.22. The predicted molar refractivity (Wildman–Crippen MR) is 115 cm³/mol. The first-order valence-electron chi connectivity index (χ1n) is 10.5. The lowest BCUT2D eigenvalue weighted by atomic mass is 9.88. The molecule has 0 aliphatic carbocycles. The Balaban J connectivity index is 1.69. The van der Waals surface area contributed by atoms with Crippen LogP contribution in [-0.2, 0) is 4.79 Å². The number of aromatic amines is 1. The minimum Gasteiger partial charge on any atom is -0.343 e. The zero-order valence-electron chi connectivity index (χ0n) is 17.9. The largest absolute Gasteiger partial charge is 0.343 e. The Hall–Kier alpha value is -2.63. The molecule has 156 valence electrons. The number of aromatic nitrogens is 2. The minimum atomic E-state index is -0.0336. The van der Waals surface area contributed by atoms with E-state index in [0.29, 0.717) is 18.5 Å². The Morgan fingerprint density at radius 1 is 1.17 bits per heavy atom. The van der Waals surface area contributed by atoms with Crippen molar-refractivity contribution < 1.29 is 9.59 Å². The highest BCUT2D eigenvalue weighted by Crippen LogP contribution is 2.31. The molecule has 1 N–H and O–H groups in total. The van der Waals surface area contributed by atoms with Crippen LogP contribution in [0.2, 0.25) is 0 Å². The molecule has 0 unspecified atom stereocenters. The number of nitrogens with zero attached hydrogens (tertiary/aromatic N) is 3. The summed E-state index contributed by atoms with van der Waals surface area (Å²) < 4.78 is 0. The van der Waals surface area contributed by atoms with Crippen LogP contribution in [0, 0.1) is 5.41 Å². The van der Waals surface area contributed by atoms with Gasteiger partial charge in [-0.05, 0) is 37.3 Å². The van der Waals surface area contributed by atoms with E-state index in [9.17, 15) is 9.59 Å². The highest BCUT2D eigenvalue weighted by molar-refractivity contribution is 6.06. The highest BCUT2D eigenvalue weighted by Gasteiger charge is 2.30. The van der Waals surface area contributed by atoms with Crippen molar-refractivity contribution in [3.05, 3.63) is 47.8 Å². The summed E-state index contributed by atoms with van der Waals surface area (Å²) in [6.07, 6.45) is 3.89. The van der Waals surface area contributed by atoms with Gasteiger partial charge >= 0.3 is 0 Å². The molecule has 0 spiro atoms. The van der Waals surface area contributed by atoms with Crippen LogP contribution in [0.1, 0.15) is 68.9 Å². The van der Waals surface area contributed by atoms with E-state index < -0.39 is 0 Å². The third kappa shape index (κ3) is 5.05. The quantitative estimate of drug-likeness (QED) is 0.823. The normalized spacial score (nSPS) is 15.4. The van der Waals surface area contributed by atoms with Crippen molar-refractivity contribution in [2.75, 3.05) is 24.5 Å². The molecule has 2 amide bonds. The van der Waals surface area contributed by atoms with E-state index in [0.717, 1.165) is 37.3 Å². The third-order valence-electron chi connectivity index (χ3n) is 5.47. The number of hydrogen-bond acceptors (Lipinski definition) is 3. The number of likely N-dealkylation sites (tertiary alicyclic amines) is 1. The second kappa shape index (κ2) is 8.80. The fourth-order valence-electron chi connectivity index (χ4n) is 3.96. The van der Waals surface area contributed by atoms with Gasteiger partial charge in [-0.1, -0.05) is 39.0 Å². The van der Waals surface area contributed by atoms with Crippen LogP contribution in [0.5, 0.6) is 0 Å².